The number of hydrogen-bond donors (Lipinski definition) is 0. The second-order valence-electron chi connectivity index (χ2n) is 7.29. The van der Waals surface area contributed by atoms with Gasteiger partial charge in [0.05, 0.1) is 23.5 Å². The molecule has 0 aliphatic carbocycles. The second kappa shape index (κ2) is 11.4. The lowest BCUT2D eigenvalue weighted by Gasteiger charge is -2.12. The number of nitrogens with zero attached hydrogens (tertiary/aromatic N) is 2. The fraction of sp³-hybridized carbons (Fsp3) is 0.333. The number of likely N-dealkylation sites (N-methyl/N-ethyl adjacent to an activating group) is 1. The summed E-state index contributed by atoms with van der Waals surface area (Å²) in [6, 6.07) is 13.4. The minimum Gasteiger partial charge on any atom is -0.493 e. The van der Waals surface area contributed by atoms with Crippen molar-refractivity contribution in [3.05, 3.63) is 59.0 Å². The number of amidine groups is 1. The van der Waals surface area contributed by atoms with E-state index >= 15 is 0 Å². The van der Waals surface area contributed by atoms with Crippen LogP contribution in [-0.4, -0.2) is 44.7 Å². The van der Waals surface area contributed by atoms with Gasteiger partial charge in [-0.2, -0.15) is 8.42 Å². The summed E-state index contributed by atoms with van der Waals surface area (Å²) < 4.78 is 40.6. The van der Waals surface area contributed by atoms with Gasteiger partial charge < -0.3 is 9.47 Å². The van der Waals surface area contributed by atoms with Crippen molar-refractivity contribution in [2.45, 2.75) is 38.0 Å². The molecular formula is C24H28N2O5S2. The van der Waals surface area contributed by atoms with Crippen molar-refractivity contribution in [3.63, 3.8) is 0 Å². The van der Waals surface area contributed by atoms with Crippen LogP contribution in [0.15, 0.2) is 62.7 Å². The molecule has 0 bridgehead atoms. The van der Waals surface area contributed by atoms with Crippen LogP contribution in [0, 0.1) is 0 Å². The van der Waals surface area contributed by atoms with Gasteiger partial charge in [0.15, 0.2) is 16.7 Å². The Morgan fingerprint density at radius 3 is 2.48 bits per heavy atom. The summed E-state index contributed by atoms with van der Waals surface area (Å²) in [5, 5.41) is 0.139. The summed E-state index contributed by atoms with van der Waals surface area (Å²) in [6.45, 7) is 4.83. The molecule has 2 aromatic carbocycles. The Kier molecular flexibility index (Phi) is 8.57. The molecule has 9 heteroatoms. The number of thioether (sulfide) groups is 1. The van der Waals surface area contributed by atoms with Gasteiger partial charge in [0, 0.05) is 6.54 Å². The maximum Gasteiger partial charge on any atom is 0.284 e. The van der Waals surface area contributed by atoms with Crippen molar-refractivity contribution >= 4 is 38.9 Å². The van der Waals surface area contributed by atoms with Crippen LogP contribution in [0.3, 0.4) is 0 Å². The smallest absolute Gasteiger partial charge is 0.284 e. The van der Waals surface area contributed by atoms with Crippen LogP contribution in [-0.2, 0) is 14.8 Å². The summed E-state index contributed by atoms with van der Waals surface area (Å²) in [7, 11) is -2.36. The van der Waals surface area contributed by atoms with Crippen LogP contribution in [0.2, 0.25) is 0 Å². The summed E-state index contributed by atoms with van der Waals surface area (Å²) in [5.74, 6) is 0.931. The van der Waals surface area contributed by atoms with Gasteiger partial charge in [-0.05, 0) is 61.0 Å². The maximum absolute atomic E-state index is 12.9. The lowest BCUT2D eigenvalue weighted by Crippen LogP contribution is -2.29. The van der Waals surface area contributed by atoms with E-state index in [0.717, 1.165) is 36.6 Å². The molecule has 2 aromatic rings. The molecule has 3 rings (SSSR count). The van der Waals surface area contributed by atoms with Gasteiger partial charge >= 0.3 is 0 Å². The van der Waals surface area contributed by atoms with Crippen LogP contribution < -0.4 is 9.47 Å². The van der Waals surface area contributed by atoms with E-state index in [9.17, 15) is 13.2 Å². The Balaban J connectivity index is 1.85. The molecule has 0 spiro atoms. The Morgan fingerprint density at radius 2 is 1.82 bits per heavy atom. The molecule has 7 nitrogen and oxygen atoms in total. The molecule has 1 aliphatic rings. The average molecular weight is 489 g/mol. The highest BCUT2D eigenvalue weighted by Crippen LogP contribution is 2.35. The van der Waals surface area contributed by atoms with E-state index in [4.69, 9.17) is 9.47 Å². The van der Waals surface area contributed by atoms with Gasteiger partial charge in [-0.1, -0.05) is 44.0 Å². The molecule has 1 fully saturated rings. The molecule has 33 heavy (non-hydrogen) atoms. The zero-order valence-electron chi connectivity index (χ0n) is 19.0. The van der Waals surface area contributed by atoms with Gasteiger partial charge in [0.1, 0.15) is 0 Å². The number of ether oxygens (including phenoxy) is 2. The number of benzene rings is 2. The molecule has 0 radical (unpaired) electrons. The number of methoxy groups -OCH3 is 1. The molecular weight excluding hydrogens is 460 g/mol. The van der Waals surface area contributed by atoms with E-state index in [1.54, 1.807) is 44.4 Å². The highest BCUT2D eigenvalue weighted by molar-refractivity contribution is 8.19. The maximum atomic E-state index is 12.9. The quantitative estimate of drug-likeness (QED) is 0.348. The van der Waals surface area contributed by atoms with E-state index in [2.05, 4.69) is 11.3 Å². The van der Waals surface area contributed by atoms with Crippen molar-refractivity contribution < 1.29 is 22.7 Å². The minimum absolute atomic E-state index is 0.0818. The minimum atomic E-state index is -3.93. The first-order chi connectivity index (χ1) is 15.9. The molecule has 1 amide bonds. The van der Waals surface area contributed by atoms with Crippen LogP contribution in [0.1, 0.15) is 38.7 Å². The highest BCUT2D eigenvalue weighted by atomic mass is 32.2. The van der Waals surface area contributed by atoms with Crippen LogP contribution in [0.5, 0.6) is 11.5 Å². The van der Waals surface area contributed by atoms with Gasteiger partial charge in [0.25, 0.3) is 15.9 Å². The predicted molar refractivity (Wildman–Crippen MR) is 132 cm³/mol. The SMILES string of the molecule is CCCCCOc1ccc(/C=C2\S/C(=N\S(=O)(=O)c3ccccc3)N(CC)C2=O)cc1OC. The summed E-state index contributed by atoms with van der Waals surface area (Å²) in [6.07, 6.45) is 4.89. The van der Waals surface area contributed by atoms with E-state index < -0.39 is 10.0 Å². The third-order valence-corrected chi connectivity index (χ3v) is 7.34. The molecule has 1 heterocycles. The number of carbonyl (C=O) groups excluding carboxylic acids is 1. The summed E-state index contributed by atoms with van der Waals surface area (Å²) in [5.41, 5.74) is 0.742. The number of sulfonamides is 1. The molecule has 0 unspecified atom stereocenters. The first-order valence-corrected chi connectivity index (χ1v) is 13.1. The fourth-order valence-corrected chi connectivity index (χ4v) is 5.45. The molecule has 1 saturated heterocycles. The molecule has 1 aliphatic heterocycles. The number of carbonyl (C=O) groups is 1. The second-order valence-corrected chi connectivity index (χ2v) is 9.90. The van der Waals surface area contributed by atoms with E-state index in [1.807, 2.05) is 12.1 Å². The molecule has 0 saturated carbocycles. The molecule has 0 aromatic heterocycles. The van der Waals surface area contributed by atoms with Gasteiger partial charge in [-0.3, -0.25) is 9.69 Å². The standard InChI is InChI=1S/C24H28N2O5S2/c1-4-6-10-15-31-20-14-13-18(16-21(20)30-3)17-22-23(27)26(5-2)24(32-22)25-33(28,29)19-11-8-7-9-12-19/h7-9,11-14,16-17H,4-6,10,15H2,1-3H3/b22-17-,25-24-. The third-order valence-electron chi connectivity index (χ3n) is 4.93. The zero-order chi connectivity index (χ0) is 23.8. The monoisotopic (exact) mass is 488 g/mol. The fourth-order valence-electron chi connectivity index (χ4n) is 3.18. The van der Waals surface area contributed by atoms with Crippen LogP contribution in [0.25, 0.3) is 6.08 Å². The van der Waals surface area contributed by atoms with Gasteiger partial charge in [-0.25, -0.2) is 0 Å². The Hall–Kier alpha value is -2.78. The van der Waals surface area contributed by atoms with Crippen molar-refractivity contribution in [1.29, 1.82) is 0 Å². The number of rotatable bonds is 10. The first-order valence-electron chi connectivity index (χ1n) is 10.8. The lowest BCUT2D eigenvalue weighted by atomic mass is 10.2. The zero-order valence-corrected chi connectivity index (χ0v) is 20.6. The van der Waals surface area contributed by atoms with E-state index in [0.29, 0.717) is 29.6 Å². The van der Waals surface area contributed by atoms with E-state index in [1.165, 1.54) is 17.0 Å². The van der Waals surface area contributed by atoms with Crippen LogP contribution >= 0.6 is 11.8 Å². The first kappa shape index (κ1) is 24.9. The molecule has 0 N–H and O–H groups in total. The predicted octanol–water partition coefficient (Wildman–Crippen LogP) is 4.95. The number of unbranched alkanes of at least 4 members (excludes halogenated alkanes) is 2. The Morgan fingerprint density at radius 1 is 1.06 bits per heavy atom. The average Bonchev–Trinajstić information content (AvgIpc) is 3.10. The normalized spacial score (nSPS) is 16.6. The van der Waals surface area contributed by atoms with Crippen molar-refractivity contribution in [2.24, 2.45) is 4.40 Å². The Bertz CT molecular complexity index is 1140. The molecule has 0 atom stereocenters. The third kappa shape index (κ3) is 6.17. The van der Waals surface area contributed by atoms with Crippen molar-refractivity contribution in [3.8, 4) is 11.5 Å². The summed E-state index contributed by atoms with van der Waals surface area (Å²) >= 11 is 1.04. The van der Waals surface area contributed by atoms with Gasteiger partial charge in [-0.15, -0.1) is 4.40 Å². The topological polar surface area (TPSA) is 85.3 Å². The Labute approximate surface area is 199 Å². The van der Waals surface area contributed by atoms with Crippen LogP contribution in [0.4, 0.5) is 0 Å². The highest BCUT2D eigenvalue weighted by Gasteiger charge is 2.34. The molecule has 176 valence electrons. The van der Waals surface area contributed by atoms with Gasteiger partial charge in [0.2, 0.25) is 0 Å². The summed E-state index contributed by atoms with van der Waals surface area (Å²) in [4.78, 5) is 14.7. The van der Waals surface area contributed by atoms with E-state index in [-0.39, 0.29) is 16.0 Å². The number of amides is 1. The van der Waals surface area contributed by atoms with Crippen molar-refractivity contribution in [1.82, 2.24) is 4.90 Å². The number of hydrogen-bond acceptors (Lipinski definition) is 6. The lowest BCUT2D eigenvalue weighted by molar-refractivity contribution is -0.122. The van der Waals surface area contributed by atoms with Crippen molar-refractivity contribution in [2.75, 3.05) is 20.3 Å². The largest absolute Gasteiger partial charge is 0.493 e.